The second-order valence-corrected chi connectivity index (χ2v) is 3.92. The first-order valence-electron chi connectivity index (χ1n) is 5.00. The highest BCUT2D eigenvalue weighted by Crippen LogP contribution is 2.30. The van der Waals surface area contributed by atoms with Gasteiger partial charge >= 0.3 is 0 Å². The van der Waals surface area contributed by atoms with Crippen molar-refractivity contribution in [2.24, 2.45) is 5.92 Å². The topological polar surface area (TPSA) is 24.1 Å². The molecular weight excluding hydrogens is 172 g/mol. The molecule has 0 amide bonds. The van der Waals surface area contributed by atoms with E-state index in [0.29, 0.717) is 12.0 Å². The molecule has 14 heavy (non-hydrogen) atoms. The van der Waals surface area contributed by atoms with Gasteiger partial charge in [0.15, 0.2) is 0 Å². The summed E-state index contributed by atoms with van der Waals surface area (Å²) in [5.74, 6) is 0.433. The van der Waals surface area contributed by atoms with Gasteiger partial charge in [-0.3, -0.25) is 0 Å². The minimum absolute atomic E-state index is 0.415. The van der Waals surface area contributed by atoms with Gasteiger partial charge in [0.1, 0.15) is 0 Å². The predicted octanol–water partition coefficient (Wildman–Crippen LogP) is 3.06. The Labute approximate surface area is 85.0 Å². The van der Waals surface area contributed by atoms with Crippen LogP contribution in [0.3, 0.4) is 0 Å². The standard InChI is InChI=1S/C12H16N2/c1-8-9(2)13-11-6-4-5-7-12(11)14-10(8)3/h4-8,10,13-14H,2H2,1,3H3/t8-,10-/m0/s1. The number of hydrogen-bond acceptors (Lipinski definition) is 2. The van der Waals surface area contributed by atoms with Crippen LogP contribution in [0.5, 0.6) is 0 Å². The largest absolute Gasteiger partial charge is 0.380 e. The van der Waals surface area contributed by atoms with Crippen molar-refractivity contribution >= 4 is 11.4 Å². The number of para-hydroxylation sites is 2. The van der Waals surface area contributed by atoms with Crippen LogP contribution in [0.25, 0.3) is 0 Å². The Morgan fingerprint density at radius 2 is 1.79 bits per heavy atom. The molecule has 1 aliphatic rings. The average Bonchev–Trinajstić information content (AvgIpc) is 2.28. The fourth-order valence-electron chi connectivity index (χ4n) is 1.68. The molecule has 2 N–H and O–H groups in total. The van der Waals surface area contributed by atoms with Gasteiger partial charge in [-0.05, 0) is 19.1 Å². The first-order chi connectivity index (χ1) is 6.68. The molecule has 0 unspecified atom stereocenters. The van der Waals surface area contributed by atoms with Crippen LogP contribution in [0, 0.1) is 5.92 Å². The number of nitrogens with one attached hydrogen (secondary N) is 2. The zero-order chi connectivity index (χ0) is 10.1. The summed E-state index contributed by atoms with van der Waals surface area (Å²) in [6.45, 7) is 8.41. The lowest BCUT2D eigenvalue weighted by atomic mass is 10.0. The molecule has 0 aliphatic carbocycles. The minimum Gasteiger partial charge on any atom is -0.380 e. The van der Waals surface area contributed by atoms with E-state index < -0.39 is 0 Å². The van der Waals surface area contributed by atoms with Gasteiger partial charge in [-0.2, -0.15) is 0 Å². The molecule has 0 saturated heterocycles. The molecule has 0 fully saturated rings. The Bertz CT molecular complexity index is 357. The van der Waals surface area contributed by atoms with Gasteiger partial charge in [0.25, 0.3) is 0 Å². The predicted molar refractivity (Wildman–Crippen MR) is 61.5 cm³/mol. The molecule has 0 aromatic heterocycles. The Morgan fingerprint density at radius 3 is 2.50 bits per heavy atom. The molecular formula is C12H16N2. The lowest BCUT2D eigenvalue weighted by Crippen LogP contribution is -2.24. The summed E-state index contributed by atoms with van der Waals surface area (Å²) in [6, 6.07) is 8.64. The van der Waals surface area contributed by atoms with Gasteiger partial charge < -0.3 is 10.6 Å². The third kappa shape index (κ3) is 1.48. The molecule has 1 aromatic rings. The molecule has 1 heterocycles. The highest BCUT2D eigenvalue weighted by atomic mass is 15.0. The van der Waals surface area contributed by atoms with E-state index in [-0.39, 0.29) is 0 Å². The maximum atomic E-state index is 4.05. The maximum absolute atomic E-state index is 4.05. The Morgan fingerprint density at radius 1 is 1.14 bits per heavy atom. The van der Waals surface area contributed by atoms with Gasteiger partial charge in [0.2, 0.25) is 0 Å². The Hall–Kier alpha value is -1.44. The van der Waals surface area contributed by atoms with Crippen molar-refractivity contribution in [1.82, 2.24) is 0 Å². The monoisotopic (exact) mass is 188 g/mol. The number of benzene rings is 1. The summed E-state index contributed by atoms with van der Waals surface area (Å²) >= 11 is 0. The number of rotatable bonds is 0. The fraction of sp³-hybridized carbons (Fsp3) is 0.333. The van der Waals surface area contributed by atoms with Crippen molar-refractivity contribution < 1.29 is 0 Å². The van der Waals surface area contributed by atoms with E-state index in [4.69, 9.17) is 0 Å². The molecule has 0 spiro atoms. The van der Waals surface area contributed by atoms with Gasteiger partial charge in [0, 0.05) is 17.7 Å². The summed E-state index contributed by atoms with van der Waals surface area (Å²) in [6.07, 6.45) is 0. The number of anilines is 2. The van der Waals surface area contributed by atoms with E-state index in [0.717, 1.165) is 17.1 Å². The Kier molecular flexibility index (Phi) is 2.20. The van der Waals surface area contributed by atoms with Gasteiger partial charge in [-0.1, -0.05) is 25.6 Å². The fourth-order valence-corrected chi connectivity index (χ4v) is 1.68. The van der Waals surface area contributed by atoms with Crippen LogP contribution in [0.15, 0.2) is 36.5 Å². The summed E-state index contributed by atoms with van der Waals surface area (Å²) < 4.78 is 0. The van der Waals surface area contributed by atoms with E-state index in [1.807, 2.05) is 12.1 Å². The molecule has 1 aromatic carbocycles. The molecule has 2 rings (SSSR count). The molecule has 1 aliphatic heterocycles. The quantitative estimate of drug-likeness (QED) is 0.654. The van der Waals surface area contributed by atoms with Crippen molar-refractivity contribution in [1.29, 1.82) is 0 Å². The normalized spacial score (nSPS) is 25.7. The van der Waals surface area contributed by atoms with E-state index in [9.17, 15) is 0 Å². The van der Waals surface area contributed by atoms with Crippen molar-refractivity contribution in [3.63, 3.8) is 0 Å². The third-order valence-electron chi connectivity index (χ3n) is 2.91. The van der Waals surface area contributed by atoms with E-state index in [1.165, 1.54) is 0 Å². The second kappa shape index (κ2) is 3.37. The van der Waals surface area contributed by atoms with Gasteiger partial charge in [-0.15, -0.1) is 0 Å². The van der Waals surface area contributed by atoms with Crippen LogP contribution >= 0.6 is 0 Å². The van der Waals surface area contributed by atoms with Gasteiger partial charge in [-0.25, -0.2) is 0 Å². The van der Waals surface area contributed by atoms with E-state index in [2.05, 4.69) is 43.2 Å². The minimum atomic E-state index is 0.415. The lowest BCUT2D eigenvalue weighted by molar-refractivity contribution is 0.597. The average molecular weight is 188 g/mol. The molecule has 74 valence electrons. The molecule has 0 bridgehead atoms. The highest BCUT2D eigenvalue weighted by Gasteiger charge is 2.20. The summed E-state index contributed by atoms with van der Waals surface area (Å²) in [7, 11) is 0. The van der Waals surface area contributed by atoms with Crippen molar-refractivity contribution in [2.45, 2.75) is 19.9 Å². The first-order valence-corrected chi connectivity index (χ1v) is 5.00. The van der Waals surface area contributed by atoms with E-state index in [1.54, 1.807) is 0 Å². The first kappa shape index (κ1) is 9.13. The number of fused-ring (bicyclic) bond motifs is 1. The SMILES string of the molecule is C=C1Nc2ccccc2N[C@@H](C)[C@H]1C. The molecule has 2 heteroatoms. The summed E-state index contributed by atoms with van der Waals surface area (Å²) in [4.78, 5) is 0. The van der Waals surface area contributed by atoms with Crippen molar-refractivity contribution in [3.8, 4) is 0 Å². The van der Waals surface area contributed by atoms with E-state index >= 15 is 0 Å². The van der Waals surface area contributed by atoms with Crippen molar-refractivity contribution in [3.05, 3.63) is 36.5 Å². The van der Waals surface area contributed by atoms with Crippen LogP contribution < -0.4 is 10.6 Å². The molecule has 2 nitrogen and oxygen atoms in total. The van der Waals surface area contributed by atoms with Crippen LogP contribution in [-0.2, 0) is 0 Å². The van der Waals surface area contributed by atoms with Crippen LogP contribution in [-0.4, -0.2) is 6.04 Å². The van der Waals surface area contributed by atoms with Crippen LogP contribution in [0.1, 0.15) is 13.8 Å². The number of hydrogen-bond donors (Lipinski definition) is 2. The Balaban J connectivity index is 2.39. The second-order valence-electron chi connectivity index (χ2n) is 3.92. The van der Waals surface area contributed by atoms with Crippen LogP contribution in [0.4, 0.5) is 11.4 Å². The lowest BCUT2D eigenvalue weighted by Gasteiger charge is -2.19. The third-order valence-corrected chi connectivity index (χ3v) is 2.91. The zero-order valence-electron chi connectivity index (χ0n) is 8.67. The summed E-state index contributed by atoms with van der Waals surface area (Å²) in [5, 5.41) is 6.82. The highest BCUT2D eigenvalue weighted by molar-refractivity contribution is 5.72. The van der Waals surface area contributed by atoms with Gasteiger partial charge in [0.05, 0.1) is 11.4 Å². The molecule has 0 saturated carbocycles. The molecule has 2 atom stereocenters. The maximum Gasteiger partial charge on any atom is 0.0617 e. The smallest absolute Gasteiger partial charge is 0.0617 e. The molecule has 0 radical (unpaired) electrons. The zero-order valence-corrected chi connectivity index (χ0v) is 8.67. The van der Waals surface area contributed by atoms with Crippen LogP contribution in [0.2, 0.25) is 0 Å². The summed E-state index contributed by atoms with van der Waals surface area (Å²) in [5.41, 5.74) is 3.36. The van der Waals surface area contributed by atoms with Crippen molar-refractivity contribution in [2.75, 3.05) is 10.6 Å².